The summed E-state index contributed by atoms with van der Waals surface area (Å²) in [6.45, 7) is 0.646. The first kappa shape index (κ1) is 21.9. The first-order valence-corrected chi connectivity index (χ1v) is 12.0. The second kappa shape index (κ2) is 9.36. The standard InChI is InChI=1S/C18H20BrCl2NO5S/c19-18-4-2-15(27-18)9-22(13-5-6-28(24,25)11-13)8-14(23)10-26-17-3-1-12(20)7-16(17)21/h1-4,7,13-14,23H,5-6,8-11H2. The van der Waals surface area contributed by atoms with Crippen LogP contribution in [0.3, 0.4) is 0 Å². The normalized spacial score (nSPS) is 19.8. The van der Waals surface area contributed by atoms with Crippen molar-refractivity contribution in [2.45, 2.75) is 25.1 Å². The van der Waals surface area contributed by atoms with Gasteiger partial charge in [0, 0.05) is 17.6 Å². The minimum atomic E-state index is -3.05. The molecule has 2 aromatic rings. The number of hydrogen-bond donors (Lipinski definition) is 1. The molecule has 1 fully saturated rings. The molecule has 1 N–H and O–H groups in total. The summed E-state index contributed by atoms with van der Waals surface area (Å²) in [6, 6.07) is 8.27. The number of hydrogen-bond acceptors (Lipinski definition) is 6. The Morgan fingerprint density at radius 1 is 1.32 bits per heavy atom. The third kappa shape index (κ3) is 6.11. The van der Waals surface area contributed by atoms with Crippen molar-refractivity contribution >= 4 is 49.0 Å². The fourth-order valence-electron chi connectivity index (χ4n) is 3.14. The van der Waals surface area contributed by atoms with Gasteiger partial charge in [0.1, 0.15) is 24.2 Å². The van der Waals surface area contributed by atoms with Crippen LogP contribution in [0.15, 0.2) is 39.4 Å². The Bertz CT molecular complexity index is 920. The lowest BCUT2D eigenvalue weighted by atomic mass is 10.2. The van der Waals surface area contributed by atoms with Gasteiger partial charge in [0.15, 0.2) is 14.5 Å². The van der Waals surface area contributed by atoms with Gasteiger partial charge >= 0.3 is 0 Å². The predicted molar refractivity (Wildman–Crippen MR) is 112 cm³/mol. The molecule has 0 spiro atoms. The highest BCUT2D eigenvalue weighted by Crippen LogP contribution is 2.28. The summed E-state index contributed by atoms with van der Waals surface area (Å²) < 4.78 is 35.5. The number of benzene rings is 1. The fraction of sp³-hybridized carbons (Fsp3) is 0.444. The molecule has 0 saturated carbocycles. The Morgan fingerprint density at radius 3 is 2.71 bits per heavy atom. The van der Waals surface area contributed by atoms with Crippen LogP contribution >= 0.6 is 39.1 Å². The number of ether oxygens (including phenoxy) is 1. The van der Waals surface area contributed by atoms with Crippen molar-refractivity contribution in [2.75, 3.05) is 24.7 Å². The summed E-state index contributed by atoms with van der Waals surface area (Å²) in [7, 11) is -3.05. The Hall–Kier alpha value is -0.770. The van der Waals surface area contributed by atoms with Gasteiger partial charge in [0.05, 0.1) is 23.1 Å². The van der Waals surface area contributed by atoms with Crippen LogP contribution in [0.4, 0.5) is 0 Å². The summed E-state index contributed by atoms with van der Waals surface area (Å²) in [5.41, 5.74) is 0. The Balaban J connectivity index is 1.64. The Kier molecular flexibility index (Phi) is 7.33. The predicted octanol–water partition coefficient (Wildman–Crippen LogP) is 3.78. The smallest absolute Gasteiger partial charge is 0.169 e. The summed E-state index contributed by atoms with van der Waals surface area (Å²) >= 11 is 15.2. The van der Waals surface area contributed by atoms with Crippen LogP contribution in [-0.2, 0) is 16.4 Å². The minimum Gasteiger partial charge on any atom is -0.489 e. The zero-order chi connectivity index (χ0) is 20.3. The van der Waals surface area contributed by atoms with Crippen LogP contribution in [0.2, 0.25) is 10.0 Å². The first-order valence-electron chi connectivity index (χ1n) is 8.66. The second-order valence-corrected chi connectivity index (χ2v) is 10.6. The molecule has 1 aromatic heterocycles. The van der Waals surface area contributed by atoms with Gasteiger partial charge in [-0.2, -0.15) is 0 Å². The van der Waals surface area contributed by atoms with Crippen molar-refractivity contribution in [2.24, 2.45) is 0 Å². The number of furan rings is 1. The molecule has 1 aromatic carbocycles. The molecule has 2 unspecified atom stereocenters. The van der Waals surface area contributed by atoms with Gasteiger partial charge in [-0.25, -0.2) is 8.42 Å². The van der Waals surface area contributed by atoms with Crippen molar-refractivity contribution in [3.8, 4) is 5.75 Å². The van der Waals surface area contributed by atoms with E-state index in [4.69, 9.17) is 32.4 Å². The van der Waals surface area contributed by atoms with Crippen LogP contribution in [0.25, 0.3) is 0 Å². The lowest BCUT2D eigenvalue weighted by Gasteiger charge is -2.29. The van der Waals surface area contributed by atoms with E-state index in [0.717, 1.165) is 0 Å². The third-order valence-electron chi connectivity index (χ3n) is 4.48. The summed E-state index contributed by atoms with van der Waals surface area (Å²) in [5, 5.41) is 11.3. The highest BCUT2D eigenvalue weighted by atomic mass is 79.9. The van der Waals surface area contributed by atoms with Gasteiger partial charge in [0.25, 0.3) is 0 Å². The van der Waals surface area contributed by atoms with Gasteiger partial charge in [-0.15, -0.1) is 0 Å². The monoisotopic (exact) mass is 511 g/mol. The molecular weight excluding hydrogens is 493 g/mol. The Morgan fingerprint density at radius 2 is 2.11 bits per heavy atom. The average Bonchev–Trinajstić information content (AvgIpc) is 3.18. The number of rotatable bonds is 8. The molecule has 1 aliphatic rings. The minimum absolute atomic E-state index is 0.0131. The average molecular weight is 513 g/mol. The topological polar surface area (TPSA) is 80.0 Å². The quantitative estimate of drug-likeness (QED) is 0.579. The van der Waals surface area contributed by atoms with Crippen LogP contribution in [0, 0.1) is 0 Å². The molecule has 1 aliphatic heterocycles. The lowest BCUT2D eigenvalue weighted by Crippen LogP contribution is -2.42. The van der Waals surface area contributed by atoms with Crippen LogP contribution in [0.5, 0.6) is 5.75 Å². The van der Waals surface area contributed by atoms with Gasteiger partial charge in [-0.3, -0.25) is 4.90 Å². The molecule has 0 bridgehead atoms. The van der Waals surface area contributed by atoms with Gasteiger partial charge < -0.3 is 14.3 Å². The number of aliphatic hydroxyl groups excluding tert-OH is 1. The maximum atomic E-state index is 11.9. The number of halogens is 3. The zero-order valence-corrected chi connectivity index (χ0v) is 18.8. The third-order valence-corrected chi connectivity index (χ3v) is 7.19. The molecule has 3 rings (SSSR count). The van der Waals surface area contributed by atoms with Crippen molar-refractivity contribution < 1.29 is 22.7 Å². The number of nitrogens with zero attached hydrogens (tertiary/aromatic N) is 1. The van der Waals surface area contributed by atoms with Crippen molar-refractivity contribution in [1.82, 2.24) is 4.90 Å². The molecule has 2 atom stereocenters. The highest BCUT2D eigenvalue weighted by Gasteiger charge is 2.33. The van der Waals surface area contributed by atoms with Gasteiger partial charge in [0.2, 0.25) is 0 Å². The zero-order valence-electron chi connectivity index (χ0n) is 14.9. The molecule has 6 nitrogen and oxygen atoms in total. The molecule has 0 radical (unpaired) electrons. The molecule has 2 heterocycles. The molecule has 0 aliphatic carbocycles. The van der Waals surface area contributed by atoms with Crippen molar-refractivity contribution in [3.05, 3.63) is 50.8 Å². The summed E-state index contributed by atoms with van der Waals surface area (Å²) in [6.07, 6.45) is -0.311. The largest absolute Gasteiger partial charge is 0.489 e. The summed E-state index contributed by atoms with van der Waals surface area (Å²) in [5.74, 6) is 1.34. The van der Waals surface area contributed by atoms with Gasteiger partial charge in [-0.05, 0) is 52.7 Å². The van der Waals surface area contributed by atoms with E-state index in [1.54, 1.807) is 24.3 Å². The van der Waals surface area contributed by atoms with E-state index in [2.05, 4.69) is 15.9 Å². The maximum absolute atomic E-state index is 11.9. The van der Waals surface area contributed by atoms with E-state index in [-0.39, 0.29) is 30.7 Å². The maximum Gasteiger partial charge on any atom is 0.169 e. The van der Waals surface area contributed by atoms with E-state index >= 15 is 0 Å². The number of sulfone groups is 1. The first-order chi connectivity index (χ1) is 13.2. The van der Waals surface area contributed by atoms with Crippen LogP contribution in [-0.4, -0.2) is 55.2 Å². The SMILES string of the molecule is O=S1(=O)CCC(N(Cc2ccc(Br)o2)CC(O)COc2ccc(Cl)cc2Cl)C1. The summed E-state index contributed by atoms with van der Waals surface area (Å²) in [4.78, 5) is 1.92. The van der Waals surface area contributed by atoms with Crippen LogP contribution < -0.4 is 4.74 Å². The molecule has 154 valence electrons. The van der Waals surface area contributed by atoms with E-state index in [1.165, 1.54) is 0 Å². The van der Waals surface area contributed by atoms with E-state index in [9.17, 15) is 13.5 Å². The molecule has 10 heteroatoms. The second-order valence-electron chi connectivity index (χ2n) is 6.73. The van der Waals surface area contributed by atoms with E-state index in [0.29, 0.717) is 39.2 Å². The molecular formula is C18H20BrCl2NO5S. The molecule has 1 saturated heterocycles. The van der Waals surface area contributed by atoms with Crippen molar-refractivity contribution in [1.29, 1.82) is 0 Å². The fourth-order valence-corrected chi connectivity index (χ4v) is 5.71. The Labute approximate surface area is 182 Å². The molecule has 28 heavy (non-hydrogen) atoms. The highest BCUT2D eigenvalue weighted by molar-refractivity contribution is 9.10. The van der Waals surface area contributed by atoms with Crippen LogP contribution in [0.1, 0.15) is 12.2 Å². The van der Waals surface area contributed by atoms with E-state index < -0.39 is 15.9 Å². The van der Waals surface area contributed by atoms with E-state index in [1.807, 2.05) is 11.0 Å². The van der Waals surface area contributed by atoms with Crippen molar-refractivity contribution in [3.63, 3.8) is 0 Å². The lowest BCUT2D eigenvalue weighted by molar-refractivity contribution is 0.0496. The number of aliphatic hydroxyl groups is 1. The molecule has 0 amide bonds. The van der Waals surface area contributed by atoms with Gasteiger partial charge in [-0.1, -0.05) is 23.2 Å².